The summed E-state index contributed by atoms with van der Waals surface area (Å²) >= 11 is 0. The first-order valence-electron chi connectivity index (χ1n) is 5.61. The van der Waals surface area contributed by atoms with Crippen molar-refractivity contribution in [2.45, 2.75) is 63.6 Å². The Morgan fingerprint density at radius 2 is 1.93 bits per heavy atom. The minimum absolute atomic E-state index is 0.00981. The Morgan fingerprint density at radius 3 is 2.36 bits per heavy atom. The number of nitrogens with two attached hydrogens (primary N) is 1. The van der Waals surface area contributed by atoms with Crippen LogP contribution in [0.15, 0.2) is 0 Å². The molecule has 0 aromatic carbocycles. The van der Waals surface area contributed by atoms with E-state index in [-0.39, 0.29) is 17.5 Å². The first-order valence-corrected chi connectivity index (χ1v) is 5.61. The van der Waals surface area contributed by atoms with E-state index in [1.54, 1.807) is 0 Å². The maximum atomic E-state index is 11.8. The van der Waals surface area contributed by atoms with E-state index in [1.165, 1.54) is 25.7 Å². The van der Waals surface area contributed by atoms with Crippen LogP contribution in [0.5, 0.6) is 0 Å². The lowest BCUT2D eigenvalue weighted by Gasteiger charge is -2.38. The fourth-order valence-electron chi connectivity index (χ4n) is 2.87. The van der Waals surface area contributed by atoms with Crippen molar-refractivity contribution in [3.05, 3.63) is 0 Å². The highest BCUT2D eigenvalue weighted by Crippen LogP contribution is 2.36. The van der Waals surface area contributed by atoms with Gasteiger partial charge in [0, 0.05) is 18.5 Å². The van der Waals surface area contributed by atoms with Crippen molar-refractivity contribution in [1.29, 1.82) is 0 Å². The Morgan fingerprint density at radius 1 is 1.36 bits per heavy atom. The third-order valence-corrected chi connectivity index (χ3v) is 3.88. The third kappa shape index (κ3) is 1.34. The average molecular weight is 196 g/mol. The van der Waals surface area contributed by atoms with Crippen LogP contribution in [0.1, 0.15) is 46.0 Å². The molecule has 2 N–H and O–H groups in total. The van der Waals surface area contributed by atoms with Crippen LogP contribution in [0.3, 0.4) is 0 Å². The summed E-state index contributed by atoms with van der Waals surface area (Å²) in [6, 6.07) is 0.474. The van der Waals surface area contributed by atoms with Gasteiger partial charge in [-0.3, -0.25) is 4.79 Å². The normalized spacial score (nSPS) is 32.9. The summed E-state index contributed by atoms with van der Waals surface area (Å²) in [7, 11) is 0. The lowest BCUT2D eigenvalue weighted by atomic mass is 9.95. The van der Waals surface area contributed by atoms with Crippen molar-refractivity contribution in [1.82, 2.24) is 4.90 Å². The minimum Gasteiger partial charge on any atom is -0.333 e. The Labute approximate surface area is 85.6 Å². The highest BCUT2D eigenvalue weighted by molar-refractivity contribution is 5.81. The molecule has 80 valence electrons. The number of rotatable bonds is 1. The first-order chi connectivity index (χ1) is 6.53. The Hall–Kier alpha value is -0.570. The van der Waals surface area contributed by atoms with Crippen LogP contribution in [0.4, 0.5) is 0 Å². The van der Waals surface area contributed by atoms with Gasteiger partial charge in [0.25, 0.3) is 0 Å². The van der Waals surface area contributed by atoms with E-state index in [1.807, 2.05) is 0 Å². The molecule has 0 spiro atoms. The Balaban J connectivity index is 2.19. The average Bonchev–Trinajstić information content (AvgIpc) is 2.61. The van der Waals surface area contributed by atoms with Crippen LogP contribution in [-0.2, 0) is 4.79 Å². The fraction of sp³-hybridized carbons (Fsp3) is 0.909. The highest BCUT2D eigenvalue weighted by Gasteiger charge is 2.47. The molecule has 1 saturated carbocycles. The van der Waals surface area contributed by atoms with E-state index >= 15 is 0 Å². The smallest absolute Gasteiger partial charge is 0.224 e. The van der Waals surface area contributed by atoms with Gasteiger partial charge in [0.2, 0.25) is 5.91 Å². The zero-order valence-electron chi connectivity index (χ0n) is 9.12. The molecule has 3 heteroatoms. The van der Waals surface area contributed by atoms with Gasteiger partial charge in [0.15, 0.2) is 0 Å². The molecule has 3 nitrogen and oxygen atoms in total. The maximum Gasteiger partial charge on any atom is 0.224 e. The van der Waals surface area contributed by atoms with Crippen molar-refractivity contribution >= 4 is 5.91 Å². The molecule has 1 amide bonds. The summed E-state index contributed by atoms with van der Waals surface area (Å²) in [5.41, 5.74) is 5.87. The largest absolute Gasteiger partial charge is 0.333 e. The van der Waals surface area contributed by atoms with Crippen LogP contribution in [0.25, 0.3) is 0 Å². The topological polar surface area (TPSA) is 46.3 Å². The van der Waals surface area contributed by atoms with Crippen LogP contribution in [0.2, 0.25) is 0 Å². The standard InChI is InChI=1S/C11H20N2O/c1-11(2)9(12)7-10(14)13(11)8-5-3-4-6-8/h8-9H,3-7,12H2,1-2H3. The first kappa shape index (κ1) is 9.97. The summed E-state index contributed by atoms with van der Waals surface area (Å²) in [4.78, 5) is 13.9. The summed E-state index contributed by atoms with van der Waals surface area (Å²) in [5.74, 6) is 0.259. The quantitative estimate of drug-likeness (QED) is 0.686. The van der Waals surface area contributed by atoms with Crippen LogP contribution >= 0.6 is 0 Å². The molecule has 1 atom stereocenters. The van der Waals surface area contributed by atoms with Crippen LogP contribution < -0.4 is 5.73 Å². The minimum atomic E-state index is -0.133. The molecular weight excluding hydrogens is 176 g/mol. The van der Waals surface area contributed by atoms with Gasteiger partial charge in [-0.15, -0.1) is 0 Å². The van der Waals surface area contributed by atoms with E-state index < -0.39 is 0 Å². The van der Waals surface area contributed by atoms with Gasteiger partial charge >= 0.3 is 0 Å². The van der Waals surface area contributed by atoms with E-state index in [9.17, 15) is 4.79 Å². The molecule has 14 heavy (non-hydrogen) atoms. The molecule has 0 radical (unpaired) electrons. The highest BCUT2D eigenvalue weighted by atomic mass is 16.2. The van der Waals surface area contributed by atoms with Crippen molar-refractivity contribution in [2.75, 3.05) is 0 Å². The van der Waals surface area contributed by atoms with Gasteiger partial charge in [-0.2, -0.15) is 0 Å². The number of carbonyl (C=O) groups excluding carboxylic acids is 1. The van der Waals surface area contributed by atoms with Crippen molar-refractivity contribution in [3.8, 4) is 0 Å². The summed E-state index contributed by atoms with van der Waals surface area (Å²) in [5, 5.41) is 0. The SMILES string of the molecule is CC1(C)C(N)CC(=O)N1C1CCCC1. The number of carbonyl (C=O) groups is 1. The summed E-state index contributed by atoms with van der Waals surface area (Å²) < 4.78 is 0. The second-order valence-electron chi connectivity index (χ2n) is 5.17. The third-order valence-electron chi connectivity index (χ3n) is 3.88. The molecule has 0 aromatic heterocycles. The number of likely N-dealkylation sites (tertiary alicyclic amines) is 1. The van der Waals surface area contributed by atoms with Gasteiger partial charge in [0.05, 0.1) is 5.54 Å². The predicted octanol–water partition coefficient (Wildman–Crippen LogP) is 1.27. The molecule has 1 saturated heterocycles. The fourth-order valence-corrected chi connectivity index (χ4v) is 2.87. The predicted molar refractivity (Wildman–Crippen MR) is 55.8 cm³/mol. The molecule has 1 aliphatic carbocycles. The number of hydrogen-bond acceptors (Lipinski definition) is 2. The van der Waals surface area contributed by atoms with Gasteiger partial charge in [-0.05, 0) is 26.7 Å². The molecule has 1 aliphatic heterocycles. The maximum absolute atomic E-state index is 11.8. The molecule has 2 fully saturated rings. The van der Waals surface area contributed by atoms with Crippen molar-refractivity contribution in [2.24, 2.45) is 5.73 Å². The van der Waals surface area contributed by atoms with Crippen LogP contribution in [-0.4, -0.2) is 28.4 Å². The van der Waals surface area contributed by atoms with E-state index in [4.69, 9.17) is 5.73 Å². The second kappa shape index (κ2) is 3.23. The van der Waals surface area contributed by atoms with Crippen LogP contribution in [0, 0.1) is 0 Å². The molecule has 1 unspecified atom stereocenters. The lowest BCUT2D eigenvalue weighted by Crippen LogP contribution is -2.53. The number of nitrogens with zero attached hydrogens (tertiary/aromatic N) is 1. The van der Waals surface area contributed by atoms with Gasteiger partial charge in [0.1, 0.15) is 0 Å². The Kier molecular flexibility index (Phi) is 2.30. The molecule has 1 heterocycles. The van der Waals surface area contributed by atoms with Crippen molar-refractivity contribution in [3.63, 3.8) is 0 Å². The molecular formula is C11H20N2O. The summed E-state index contributed by atoms with van der Waals surface area (Å²) in [6.45, 7) is 4.20. The monoisotopic (exact) mass is 196 g/mol. The molecule has 0 aromatic rings. The number of hydrogen-bond donors (Lipinski definition) is 1. The zero-order chi connectivity index (χ0) is 10.3. The van der Waals surface area contributed by atoms with E-state index in [0.717, 1.165) is 0 Å². The van der Waals surface area contributed by atoms with E-state index in [2.05, 4.69) is 18.7 Å². The summed E-state index contributed by atoms with van der Waals surface area (Å²) in [6.07, 6.45) is 5.40. The van der Waals surface area contributed by atoms with E-state index in [0.29, 0.717) is 12.5 Å². The van der Waals surface area contributed by atoms with Gasteiger partial charge in [-0.25, -0.2) is 0 Å². The molecule has 2 aliphatic rings. The molecule has 0 bridgehead atoms. The number of amides is 1. The molecule has 2 rings (SSSR count). The Bertz CT molecular complexity index is 244. The second-order valence-corrected chi connectivity index (χ2v) is 5.17. The zero-order valence-corrected chi connectivity index (χ0v) is 9.12. The van der Waals surface area contributed by atoms with Gasteiger partial charge in [-0.1, -0.05) is 12.8 Å². The van der Waals surface area contributed by atoms with Crippen molar-refractivity contribution < 1.29 is 4.79 Å². The van der Waals surface area contributed by atoms with Gasteiger partial charge < -0.3 is 10.6 Å². The lowest BCUT2D eigenvalue weighted by molar-refractivity contribution is -0.133.